The van der Waals surface area contributed by atoms with Crippen LogP contribution in [0.5, 0.6) is 0 Å². The van der Waals surface area contributed by atoms with E-state index in [9.17, 15) is 14.4 Å². The van der Waals surface area contributed by atoms with Crippen molar-refractivity contribution in [3.8, 4) is 0 Å². The van der Waals surface area contributed by atoms with Crippen LogP contribution < -0.4 is 15.5 Å². The number of hydrogen-bond acceptors (Lipinski definition) is 4. The van der Waals surface area contributed by atoms with Gasteiger partial charge in [-0.1, -0.05) is 36.4 Å². The van der Waals surface area contributed by atoms with Gasteiger partial charge >= 0.3 is 6.03 Å². The molecule has 0 saturated carbocycles. The summed E-state index contributed by atoms with van der Waals surface area (Å²) in [5, 5.41) is 7.29. The monoisotopic (exact) mass is 381 g/mol. The van der Waals surface area contributed by atoms with Gasteiger partial charge in [-0.2, -0.15) is 0 Å². The summed E-state index contributed by atoms with van der Waals surface area (Å²) in [5.41, 5.74) is 0.533. The van der Waals surface area contributed by atoms with Crippen molar-refractivity contribution < 1.29 is 19.1 Å². The highest BCUT2D eigenvalue weighted by Gasteiger charge is 2.40. The second kappa shape index (κ2) is 7.98. The van der Waals surface area contributed by atoms with E-state index >= 15 is 0 Å². The normalized spacial score (nSPS) is 20.4. The summed E-state index contributed by atoms with van der Waals surface area (Å²) in [6.45, 7) is 2.01. The van der Waals surface area contributed by atoms with Gasteiger partial charge in [0.05, 0.1) is 12.1 Å². The number of carbonyl (C=O) groups is 3. The number of anilines is 1. The van der Waals surface area contributed by atoms with E-state index in [1.165, 1.54) is 0 Å². The van der Waals surface area contributed by atoms with E-state index in [4.69, 9.17) is 4.74 Å². The molecule has 28 heavy (non-hydrogen) atoms. The number of urea groups is 1. The first kappa shape index (κ1) is 18.4. The Labute approximate surface area is 163 Å². The Morgan fingerprint density at radius 1 is 1.11 bits per heavy atom. The molecular formula is C21H23N3O4. The molecule has 2 fully saturated rings. The maximum absolute atomic E-state index is 12.8. The average molecular weight is 381 g/mol. The zero-order valence-electron chi connectivity index (χ0n) is 15.5. The van der Waals surface area contributed by atoms with Crippen LogP contribution in [-0.2, 0) is 14.3 Å². The number of benzene rings is 2. The first-order valence-electron chi connectivity index (χ1n) is 9.60. The Kier molecular flexibility index (Phi) is 5.25. The lowest BCUT2D eigenvalue weighted by molar-refractivity contribution is -0.125. The molecular weight excluding hydrogens is 358 g/mol. The molecule has 0 spiro atoms. The van der Waals surface area contributed by atoms with Crippen LogP contribution >= 0.6 is 0 Å². The number of imide groups is 1. The Morgan fingerprint density at radius 3 is 2.68 bits per heavy atom. The fourth-order valence-electron chi connectivity index (χ4n) is 3.77. The Bertz CT molecular complexity index is 902. The van der Waals surface area contributed by atoms with Crippen LogP contribution in [0.4, 0.5) is 10.5 Å². The molecule has 0 radical (unpaired) electrons. The molecule has 2 aromatic rings. The lowest BCUT2D eigenvalue weighted by atomic mass is 10.0. The number of nitrogens with one attached hydrogen (secondary N) is 2. The fraction of sp³-hybridized carbons (Fsp3) is 0.381. The molecule has 0 unspecified atom stereocenters. The summed E-state index contributed by atoms with van der Waals surface area (Å²) >= 11 is 0. The molecule has 7 heteroatoms. The number of fused-ring (bicyclic) bond motifs is 1. The van der Waals surface area contributed by atoms with Gasteiger partial charge in [-0.25, -0.2) is 9.69 Å². The third-order valence-electron chi connectivity index (χ3n) is 5.35. The topological polar surface area (TPSA) is 87.7 Å². The van der Waals surface area contributed by atoms with E-state index in [2.05, 4.69) is 10.6 Å². The standard InChI is InChI=1S/C21H23N3O4/c25-19(22-13-14-8-10-28-11-9-14)12-17-20(26)24(21(27)23-17)18-7-3-5-15-4-1-2-6-16(15)18/h1-7,14,17H,8-13H2,(H,22,25)(H,23,27)/t17-/m0/s1. The number of hydrogen-bond donors (Lipinski definition) is 2. The Hall–Kier alpha value is -2.93. The molecule has 0 aromatic heterocycles. The molecule has 2 aliphatic heterocycles. The largest absolute Gasteiger partial charge is 0.381 e. The molecule has 146 valence electrons. The molecule has 1 atom stereocenters. The van der Waals surface area contributed by atoms with Gasteiger partial charge in [0.15, 0.2) is 0 Å². The number of carbonyl (C=O) groups excluding carboxylic acids is 3. The van der Waals surface area contributed by atoms with Gasteiger partial charge in [0, 0.05) is 25.1 Å². The Balaban J connectivity index is 1.43. The summed E-state index contributed by atoms with van der Waals surface area (Å²) in [6.07, 6.45) is 1.79. The SMILES string of the molecule is O=C(C[C@@H]1NC(=O)N(c2cccc3ccccc23)C1=O)NCC1CCOCC1. The summed E-state index contributed by atoms with van der Waals surface area (Å²) in [4.78, 5) is 38.7. The van der Waals surface area contributed by atoms with Crippen molar-refractivity contribution in [1.29, 1.82) is 0 Å². The van der Waals surface area contributed by atoms with E-state index in [0.717, 1.165) is 41.7 Å². The van der Waals surface area contributed by atoms with Crippen molar-refractivity contribution in [2.45, 2.75) is 25.3 Å². The van der Waals surface area contributed by atoms with E-state index in [1.807, 2.05) is 36.4 Å². The van der Waals surface area contributed by atoms with Gasteiger partial charge in [-0.15, -0.1) is 0 Å². The Morgan fingerprint density at radius 2 is 1.86 bits per heavy atom. The van der Waals surface area contributed by atoms with Crippen molar-refractivity contribution >= 4 is 34.3 Å². The highest BCUT2D eigenvalue weighted by atomic mass is 16.5. The minimum Gasteiger partial charge on any atom is -0.381 e. The molecule has 4 amide bonds. The van der Waals surface area contributed by atoms with Gasteiger partial charge in [0.2, 0.25) is 5.91 Å². The summed E-state index contributed by atoms with van der Waals surface area (Å²) in [7, 11) is 0. The maximum Gasteiger partial charge on any atom is 0.329 e. The lowest BCUT2D eigenvalue weighted by Gasteiger charge is -2.22. The van der Waals surface area contributed by atoms with E-state index < -0.39 is 18.0 Å². The minimum atomic E-state index is -0.846. The average Bonchev–Trinajstić information content (AvgIpc) is 2.99. The lowest BCUT2D eigenvalue weighted by Crippen LogP contribution is -2.38. The van der Waals surface area contributed by atoms with Gasteiger partial charge < -0.3 is 15.4 Å². The minimum absolute atomic E-state index is 0.0605. The van der Waals surface area contributed by atoms with E-state index in [0.29, 0.717) is 18.2 Å². The second-order valence-electron chi connectivity index (χ2n) is 7.24. The van der Waals surface area contributed by atoms with Crippen LogP contribution in [0.2, 0.25) is 0 Å². The van der Waals surface area contributed by atoms with Crippen molar-refractivity contribution in [3.05, 3.63) is 42.5 Å². The fourth-order valence-corrected chi connectivity index (χ4v) is 3.77. The molecule has 0 bridgehead atoms. The third-order valence-corrected chi connectivity index (χ3v) is 5.35. The van der Waals surface area contributed by atoms with E-state index in [1.54, 1.807) is 6.07 Å². The highest BCUT2D eigenvalue weighted by Crippen LogP contribution is 2.29. The molecule has 7 nitrogen and oxygen atoms in total. The summed E-state index contributed by atoms with van der Waals surface area (Å²) < 4.78 is 5.31. The molecule has 2 saturated heterocycles. The van der Waals surface area contributed by atoms with Crippen molar-refractivity contribution in [2.24, 2.45) is 5.92 Å². The van der Waals surface area contributed by atoms with Gasteiger partial charge in [-0.3, -0.25) is 9.59 Å². The zero-order valence-corrected chi connectivity index (χ0v) is 15.5. The molecule has 2 heterocycles. The van der Waals surface area contributed by atoms with Crippen LogP contribution in [0.3, 0.4) is 0 Å². The van der Waals surface area contributed by atoms with Crippen LogP contribution in [0.25, 0.3) is 10.8 Å². The number of nitrogens with zero attached hydrogens (tertiary/aromatic N) is 1. The van der Waals surface area contributed by atoms with Crippen molar-refractivity contribution in [2.75, 3.05) is 24.7 Å². The molecule has 2 N–H and O–H groups in total. The van der Waals surface area contributed by atoms with Crippen LogP contribution in [0.1, 0.15) is 19.3 Å². The van der Waals surface area contributed by atoms with E-state index in [-0.39, 0.29) is 12.3 Å². The molecule has 2 aromatic carbocycles. The maximum atomic E-state index is 12.8. The van der Waals surface area contributed by atoms with Crippen molar-refractivity contribution in [1.82, 2.24) is 10.6 Å². The van der Waals surface area contributed by atoms with Gasteiger partial charge in [0.25, 0.3) is 5.91 Å². The quantitative estimate of drug-likeness (QED) is 0.778. The zero-order chi connectivity index (χ0) is 19.5. The predicted octanol–water partition coefficient (Wildman–Crippen LogP) is 2.20. The highest BCUT2D eigenvalue weighted by molar-refractivity contribution is 6.24. The first-order chi connectivity index (χ1) is 13.6. The van der Waals surface area contributed by atoms with Crippen molar-refractivity contribution in [3.63, 3.8) is 0 Å². The van der Waals surface area contributed by atoms with Crippen LogP contribution in [-0.4, -0.2) is 43.6 Å². The second-order valence-corrected chi connectivity index (χ2v) is 7.24. The van der Waals surface area contributed by atoms with Gasteiger partial charge in [-0.05, 0) is 30.2 Å². The molecule has 2 aliphatic rings. The third kappa shape index (κ3) is 3.71. The van der Waals surface area contributed by atoms with Gasteiger partial charge in [0.1, 0.15) is 6.04 Å². The summed E-state index contributed by atoms with van der Waals surface area (Å²) in [5.74, 6) is -0.230. The molecule has 0 aliphatic carbocycles. The number of rotatable bonds is 5. The number of amides is 4. The first-order valence-corrected chi connectivity index (χ1v) is 9.60. The van der Waals surface area contributed by atoms with Crippen LogP contribution in [0, 0.1) is 5.92 Å². The molecule has 4 rings (SSSR count). The predicted molar refractivity (Wildman–Crippen MR) is 105 cm³/mol. The smallest absolute Gasteiger partial charge is 0.329 e. The number of ether oxygens (including phenoxy) is 1. The van der Waals surface area contributed by atoms with Crippen LogP contribution in [0.15, 0.2) is 42.5 Å². The summed E-state index contributed by atoms with van der Waals surface area (Å²) in [6, 6.07) is 11.7.